The molecule has 2 N–H and O–H groups in total. The van der Waals surface area contributed by atoms with E-state index in [-0.39, 0.29) is 22.8 Å². The van der Waals surface area contributed by atoms with Crippen molar-refractivity contribution in [3.05, 3.63) is 59.7 Å². The van der Waals surface area contributed by atoms with Crippen LogP contribution in [0.2, 0.25) is 0 Å². The van der Waals surface area contributed by atoms with E-state index in [1.165, 1.54) is 18.2 Å². The van der Waals surface area contributed by atoms with Gasteiger partial charge in [-0.25, -0.2) is 0 Å². The van der Waals surface area contributed by atoms with Gasteiger partial charge < -0.3 is 10.2 Å². The Bertz CT molecular complexity index is 547. The molecule has 0 aliphatic rings. The Morgan fingerprint density at radius 1 is 1.00 bits per heavy atom. The first-order valence-corrected chi connectivity index (χ1v) is 5.76. The minimum absolute atomic E-state index is 0.0177. The summed E-state index contributed by atoms with van der Waals surface area (Å²) < 4.78 is 0. The highest BCUT2D eigenvalue weighted by atomic mass is 16.3. The van der Waals surface area contributed by atoms with Gasteiger partial charge in [-0.05, 0) is 30.2 Å². The van der Waals surface area contributed by atoms with Gasteiger partial charge in [0, 0.05) is 6.42 Å². The Balaban J connectivity index is 2.06. The highest BCUT2D eigenvalue weighted by Crippen LogP contribution is 2.23. The fourth-order valence-electron chi connectivity index (χ4n) is 1.78. The first-order chi connectivity index (χ1) is 8.66. The van der Waals surface area contributed by atoms with Crippen molar-refractivity contribution >= 4 is 5.78 Å². The maximum absolute atomic E-state index is 11.9. The van der Waals surface area contributed by atoms with Crippen molar-refractivity contribution < 1.29 is 15.0 Å². The standard InChI is InChI=1S/C15H14O3/c16-12-7-9-15(18)13(10-12)14(17)8-6-11-4-2-1-3-5-11/h1-5,7,9-10,16,18H,6,8H2. The van der Waals surface area contributed by atoms with Gasteiger partial charge >= 0.3 is 0 Å². The number of hydrogen-bond acceptors (Lipinski definition) is 3. The lowest BCUT2D eigenvalue weighted by molar-refractivity contribution is 0.0980. The Morgan fingerprint density at radius 3 is 2.44 bits per heavy atom. The summed E-state index contributed by atoms with van der Waals surface area (Å²) in [5.41, 5.74) is 1.25. The lowest BCUT2D eigenvalue weighted by atomic mass is 10.0. The molecule has 3 nitrogen and oxygen atoms in total. The molecular weight excluding hydrogens is 228 g/mol. The number of carbonyl (C=O) groups excluding carboxylic acids is 1. The molecule has 0 aromatic heterocycles. The van der Waals surface area contributed by atoms with Gasteiger partial charge in [0.25, 0.3) is 0 Å². The SMILES string of the molecule is O=C(CCc1ccccc1)c1cc(O)ccc1O. The molecule has 0 fully saturated rings. The summed E-state index contributed by atoms with van der Waals surface area (Å²) in [6, 6.07) is 13.6. The third-order valence-corrected chi connectivity index (χ3v) is 2.76. The van der Waals surface area contributed by atoms with E-state index in [1.807, 2.05) is 30.3 Å². The van der Waals surface area contributed by atoms with Crippen LogP contribution >= 0.6 is 0 Å². The third-order valence-electron chi connectivity index (χ3n) is 2.76. The molecule has 0 spiro atoms. The van der Waals surface area contributed by atoms with Crippen molar-refractivity contribution in [2.45, 2.75) is 12.8 Å². The second-order valence-corrected chi connectivity index (χ2v) is 4.11. The molecule has 2 aromatic carbocycles. The molecule has 0 bridgehead atoms. The number of phenolic OH excluding ortho intramolecular Hbond substituents is 2. The molecule has 0 saturated heterocycles. The number of benzene rings is 2. The smallest absolute Gasteiger partial charge is 0.167 e. The predicted molar refractivity (Wildman–Crippen MR) is 68.9 cm³/mol. The van der Waals surface area contributed by atoms with Crippen LogP contribution in [0.15, 0.2) is 48.5 Å². The predicted octanol–water partition coefficient (Wildman–Crippen LogP) is 2.91. The van der Waals surface area contributed by atoms with Crippen LogP contribution in [0, 0.1) is 0 Å². The van der Waals surface area contributed by atoms with Crippen LogP contribution in [-0.4, -0.2) is 16.0 Å². The lowest BCUT2D eigenvalue weighted by Crippen LogP contribution is -2.01. The molecule has 0 amide bonds. The number of ketones is 1. The van der Waals surface area contributed by atoms with E-state index >= 15 is 0 Å². The fourth-order valence-corrected chi connectivity index (χ4v) is 1.78. The zero-order valence-electron chi connectivity index (χ0n) is 9.84. The number of hydrogen-bond donors (Lipinski definition) is 2. The number of rotatable bonds is 4. The summed E-state index contributed by atoms with van der Waals surface area (Å²) in [5.74, 6) is -0.283. The van der Waals surface area contributed by atoms with Crippen LogP contribution in [0.25, 0.3) is 0 Å². The molecule has 2 aromatic rings. The molecular formula is C15H14O3. The summed E-state index contributed by atoms with van der Waals surface area (Å²) in [4.78, 5) is 11.9. The fraction of sp³-hybridized carbons (Fsp3) is 0.133. The van der Waals surface area contributed by atoms with Gasteiger partial charge in [0.15, 0.2) is 5.78 Å². The van der Waals surface area contributed by atoms with Crippen LogP contribution in [0.3, 0.4) is 0 Å². The Kier molecular flexibility index (Phi) is 3.63. The number of carbonyl (C=O) groups is 1. The molecule has 0 saturated carbocycles. The molecule has 3 heteroatoms. The first kappa shape index (κ1) is 12.2. The quantitative estimate of drug-likeness (QED) is 0.640. The van der Waals surface area contributed by atoms with Crippen molar-refractivity contribution in [2.75, 3.05) is 0 Å². The second-order valence-electron chi connectivity index (χ2n) is 4.11. The van der Waals surface area contributed by atoms with Crippen molar-refractivity contribution in [1.29, 1.82) is 0 Å². The molecule has 0 atom stereocenters. The zero-order valence-corrected chi connectivity index (χ0v) is 9.84. The van der Waals surface area contributed by atoms with Crippen LogP contribution in [0.1, 0.15) is 22.3 Å². The summed E-state index contributed by atoms with van der Waals surface area (Å²) >= 11 is 0. The van der Waals surface area contributed by atoms with Crippen molar-refractivity contribution in [3.8, 4) is 11.5 Å². The van der Waals surface area contributed by atoms with Crippen LogP contribution in [-0.2, 0) is 6.42 Å². The molecule has 0 aliphatic heterocycles. The summed E-state index contributed by atoms with van der Waals surface area (Å²) in [5, 5.41) is 18.9. The number of Topliss-reactive ketones (excluding diaryl/α,β-unsaturated/α-hetero) is 1. The molecule has 0 unspecified atom stereocenters. The molecule has 92 valence electrons. The Morgan fingerprint density at radius 2 is 1.72 bits per heavy atom. The molecule has 2 rings (SSSR count). The van der Waals surface area contributed by atoms with E-state index in [9.17, 15) is 15.0 Å². The van der Waals surface area contributed by atoms with Gasteiger partial charge in [-0.1, -0.05) is 30.3 Å². The van der Waals surface area contributed by atoms with Gasteiger partial charge in [0.1, 0.15) is 11.5 Å². The van der Waals surface area contributed by atoms with Crippen LogP contribution in [0.5, 0.6) is 11.5 Å². The van der Waals surface area contributed by atoms with Gasteiger partial charge in [-0.2, -0.15) is 0 Å². The summed E-state index contributed by atoms with van der Waals surface area (Å²) in [6.45, 7) is 0. The molecule has 0 heterocycles. The highest BCUT2D eigenvalue weighted by Gasteiger charge is 2.11. The molecule has 18 heavy (non-hydrogen) atoms. The molecule has 0 radical (unpaired) electrons. The summed E-state index contributed by atoms with van der Waals surface area (Å²) in [7, 11) is 0. The highest BCUT2D eigenvalue weighted by molar-refractivity contribution is 5.99. The van der Waals surface area contributed by atoms with Gasteiger partial charge in [-0.3, -0.25) is 4.79 Å². The normalized spacial score (nSPS) is 10.2. The number of phenols is 2. The van der Waals surface area contributed by atoms with Crippen molar-refractivity contribution in [2.24, 2.45) is 0 Å². The third kappa shape index (κ3) is 2.88. The number of aryl methyl sites for hydroxylation is 1. The monoisotopic (exact) mass is 242 g/mol. The minimum Gasteiger partial charge on any atom is -0.508 e. The van der Waals surface area contributed by atoms with E-state index in [1.54, 1.807) is 0 Å². The van der Waals surface area contributed by atoms with Gasteiger partial charge in [0.2, 0.25) is 0 Å². The van der Waals surface area contributed by atoms with E-state index < -0.39 is 0 Å². The van der Waals surface area contributed by atoms with Gasteiger partial charge in [-0.15, -0.1) is 0 Å². The average molecular weight is 242 g/mol. The number of aromatic hydroxyl groups is 2. The zero-order chi connectivity index (χ0) is 13.0. The van der Waals surface area contributed by atoms with Crippen LogP contribution < -0.4 is 0 Å². The lowest BCUT2D eigenvalue weighted by Gasteiger charge is -2.04. The maximum Gasteiger partial charge on any atom is 0.167 e. The Hall–Kier alpha value is -2.29. The Labute approximate surface area is 105 Å². The van der Waals surface area contributed by atoms with Crippen molar-refractivity contribution in [3.63, 3.8) is 0 Å². The average Bonchev–Trinajstić information content (AvgIpc) is 2.40. The second kappa shape index (κ2) is 5.36. The summed E-state index contributed by atoms with van der Waals surface area (Å²) in [6.07, 6.45) is 0.926. The van der Waals surface area contributed by atoms with E-state index in [0.29, 0.717) is 12.8 Å². The minimum atomic E-state index is -0.174. The maximum atomic E-state index is 11.9. The van der Waals surface area contributed by atoms with Gasteiger partial charge in [0.05, 0.1) is 5.56 Å². The van der Waals surface area contributed by atoms with E-state index in [2.05, 4.69) is 0 Å². The van der Waals surface area contributed by atoms with E-state index in [0.717, 1.165) is 5.56 Å². The topological polar surface area (TPSA) is 57.5 Å². The van der Waals surface area contributed by atoms with Crippen molar-refractivity contribution in [1.82, 2.24) is 0 Å². The molecule has 0 aliphatic carbocycles. The largest absolute Gasteiger partial charge is 0.508 e. The van der Waals surface area contributed by atoms with Crippen LogP contribution in [0.4, 0.5) is 0 Å². The van der Waals surface area contributed by atoms with E-state index in [4.69, 9.17) is 0 Å². The first-order valence-electron chi connectivity index (χ1n) is 5.76.